The Kier molecular flexibility index (Phi) is 7.72. The summed E-state index contributed by atoms with van der Waals surface area (Å²) in [6, 6.07) is 10.7. The zero-order chi connectivity index (χ0) is 24.2. The minimum Gasteiger partial charge on any atom is -0.497 e. The van der Waals surface area contributed by atoms with Crippen molar-refractivity contribution in [1.82, 2.24) is 9.21 Å². The molecule has 9 nitrogen and oxygen atoms in total. The van der Waals surface area contributed by atoms with Crippen molar-refractivity contribution in [2.45, 2.75) is 24.8 Å². The van der Waals surface area contributed by atoms with Gasteiger partial charge in [-0.1, -0.05) is 12.1 Å². The number of ether oxygens (including phenoxy) is 2. The fourth-order valence-corrected chi connectivity index (χ4v) is 5.12. The van der Waals surface area contributed by atoms with E-state index >= 15 is 0 Å². The fourth-order valence-electron chi connectivity index (χ4n) is 3.65. The van der Waals surface area contributed by atoms with Gasteiger partial charge in [0.05, 0.1) is 25.2 Å². The van der Waals surface area contributed by atoms with Crippen LogP contribution in [0.5, 0.6) is 11.5 Å². The molecule has 2 aromatic carbocycles. The first-order valence-corrected chi connectivity index (χ1v) is 12.0. The summed E-state index contributed by atoms with van der Waals surface area (Å²) in [7, 11) is -0.656. The third-order valence-corrected chi connectivity index (χ3v) is 7.59. The molecule has 0 aliphatic carbocycles. The first-order chi connectivity index (χ1) is 15.6. The van der Waals surface area contributed by atoms with Crippen molar-refractivity contribution in [1.29, 1.82) is 0 Å². The summed E-state index contributed by atoms with van der Waals surface area (Å²) >= 11 is 0. The second-order valence-corrected chi connectivity index (χ2v) is 9.73. The highest BCUT2D eigenvalue weighted by Gasteiger charge is 2.32. The van der Waals surface area contributed by atoms with E-state index in [0.29, 0.717) is 35.8 Å². The number of carbonyl (C=O) groups excluding carboxylic acids is 2. The van der Waals surface area contributed by atoms with Gasteiger partial charge in [-0.05, 0) is 26.0 Å². The van der Waals surface area contributed by atoms with Crippen LogP contribution in [0, 0.1) is 0 Å². The van der Waals surface area contributed by atoms with Crippen molar-refractivity contribution < 1.29 is 27.5 Å². The molecule has 0 saturated carbocycles. The van der Waals surface area contributed by atoms with Crippen LogP contribution in [-0.2, 0) is 14.8 Å². The van der Waals surface area contributed by atoms with E-state index in [9.17, 15) is 18.0 Å². The highest BCUT2D eigenvalue weighted by molar-refractivity contribution is 7.89. The molecule has 1 N–H and O–H groups in total. The number of hydrogen-bond acceptors (Lipinski definition) is 7. The van der Waals surface area contributed by atoms with E-state index in [1.165, 1.54) is 37.6 Å². The number of amides is 1. The Labute approximate surface area is 194 Å². The Morgan fingerprint density at radius 1 is 0.970 bits per heavy atom. The van der Waals surface area contributed by atoms with E-state index in [-0.39, 0.29) is 29.7 Å². The summed E-state index contributed by atoms with van der Waals surface area (Å²) < 4.78 is 37.9. The second kappa shape index (κ2) is 10.3. The van der Waals surface area contributed by atoms with E-state index in [0.717, 1.165) is 0 Å². The predicted octanol–water partition coefficient (Wildman–Crippen LogP) is 2.24. The average Bonchev–Trinajstić information content (AvgIpc) is 2.83. The number of rotatable bonds is 8. The molecule has 1 aliphatic rings. The maximum absolute atomic E-state index is 13.0. The van der Waals surface area contributed by atoms with E-state index in [4.69, 9.17) is 9.47 Å². The standard InChI is InChI=1S/C23H29N3O6S/c1-16(23(28)24-19-13-20(31-3)15-21(14-19)32-4)25-8-10-26(11-9-25)33(29,30)22-7-5-6-18(12-22)17(2)27/h5-7,12-16H,8-11H2,1-4H3,(H,24,28). The van der Waals surface area contributed by atoms with Crippen molar-refractivity contribution in [3.63, 3.8) is 0 Å². The third kappa shape index (κ3) is 5.70. The quantitative estimate of drug-likeness (QED) is 0.584. The molecule has 178 valence electrons. The van der Waals surface area contributed by atoms with Crippen LogP contribution in [-0.4, -0.2) is 75.8 Å². The minimum atomic E-state index is -3.73. The molecule has 1 aliphatic heterocycles. The van der Waals surface area contributed by atoms with Gasteiger partial charge in [0, 0.05) is 55.6 Å². The van der Waals surface area contributed by atoms with Gasteiger partial charge in [-0.25, -0.2) is 8.42 Å². The number of carbonyl (C=O) groups is 2. The predicted molar refractivity (Wildman–Crippen MR) is 124 cm³/mol. The van der Waals surface area contributed by atoms with Crippen LogP contribution in [0.4, 0.5) is 5.69 Å². The number of hydrogen-bond donors (Lipinski definition) is 1. The van der Waals surface area contributed by atoms with E-state index in [2.05, 4.69) is 5.32 Å². The molecule has 33 heavy (non-hydrogen) atoms. The van der Waals surface area contributed by atoms with Crippen molar-refractivity contribution in [3.8, 4) is 11.5 Å². The zero-order valence-corrected chi connectivity index (χ0v) is 20.0. The van der Waals surface area contributed by atoms with Crippen molar-refractivity contribution in [3.05, 3.63) is 48.0 Å². The van der Waals surface area contributed by atoms with Crippen LogP contribution >= 0.6 is 0 Å². The van der Waals surface area contributed by atoms with Crippen LogP contribution in [0.25, 0.3) is 0 Å². The number of benzene rings is 2. The number of nitrogens with zero attached hydrogens (tertiary/aromatic N) is 2. The van der Waals surface area contributed by atoms with Gasteiger partial charge in [0.2, 0.25) is 15.9 Å². The molecular weight excluding hydrogens is 446 g/mol. The number of anilines is 1. The van der Waals surface area contributed by atoms with Crippen LogP contribution in [0.2, 0.25) is 0 Å². The van der Waals surface area contributed by atoms with Crippen LogP contribution in [0.1, 0.15) is 24.2 Å². The largest absolute Gasteiger partial charge is 0.497 e. The van der Waals surface area contributed by atoms with Gasteiger partial charge in [-0.15, -0.1) is 0 Å². The molecule has 1 amide bonds. The summed E-state index contributed by atoms with van der Waals surface area (Å²) in [4.78, 5) is 26.5. The fraction of sp³-hybridized carbons (Fsp3) is 0.391. The molecule has 0 aromatic heterocycles. The first-order valence-electron chi connectivity index (χ1n) is 10.5. The molecule has 10 heteroatoms. The van der Waals surface area contributed by atoms with E-state index < -0.39 is 16.1 Å². The van der Waals surface area contributed by atoms with Crippen LogP contribution in [0.3, 0.4) is 0 Å². The molecule has 0 spiro atoms. The van der Waals surface area contributed by atoms with Crippen LogP contribution in [0.15, 0.2) is 47.4 Å². The third-order valence-electron chi connectivity index (χ3n) is 5.70. The van der Waals surface area contributed by atoms with Gasteiger partial charge < -0.3 is 14.8 Å². The minimum absolute atomic E-state index is 0.0985. The highest BCUT2D eigenvalue weighted by Crippen LogP contribution is 2.26. The molecular formula is C23H29N3O6S. The smallest absolute Gasteiger partial charge is 0.243 e. The van der Waals surface area contributed by atoms with E-state index in [1.807, 2.05) is 4.90 Å². The molecule has 1 saturated heterocycles. The Morgan fingerprint density at radius 2 is 1.58 bits per heavy atom. The Hall–Kier alpha value is -2.95. The number of sulfonamides is 1. The van der Waals surface area contributed by atoms with Gasteiger partial charge in [0.25, 0.3) is 0 Å². The number of Topliss-reactive ketones (excluding diaryl/α,β-unsaturated/α-hetero) is 1. The van der Waals surface area contributed by atoms with E-state index in [1.54, 1.807) is 37.3 Å². The topological polar surface area (TPSA) is 105 Å². The van der Waals surface area contributed by atoms with Gasteiger partial charge in [-0.2, -0.15) is 4.31 Å². The number of piperazine rings is 1. The lowest BCUT2D eigenvalue weighted by Crippen LogP contribution is -2.53. The summed E-state index contributed by atoms with van der Waals surface area (Å²) in [6.07, 6.45) is 0. The van der Waals surface area contributed by atoms with Gasteiger partial charge in [0.1, 0.15) is 11.5 Å². The lowest BCUT2D eigenvalue weighted by molar-refractivity contribution is -0.121. The molecule has 0 radical (unpaired) electrons. The molecule has 2 aromatic rings. The van der Waals surface area contributed by atoms with Crippen molar-refractivity contribution in [2.75, 3.05) is 45.7 Å². The molecule has 1 unspecified atom stereocenters. The number of methoxy groups -OCH3 is 2. The zero-order valence-electron chi connectivity index (χ0n) is 19.2. The molecule has 1 atom stereocenters. The molecule has 1 fully saturated rings. The lowest BCUT2D eigenvalue weighted by atomic mass is 10.2. The number of nitrogens with one attached hydrogen (secondary N) is 1. The second-order valence-electron chi connectivity index (χ2n) is 7.79. The summed E-state index contributed by atoms with van der Waals surface area (Å²) in [5.41, 5.74) is 0.906. The normalized spacial score (nSPS) is 16.1. The maximum atomic E-state index is 13.0. The van der Waals surface area contributed by atoms with Crippen molar-refractivity contribution >= 4 is 27.4 Å². The average molecular weight is 476 g/mol. The van der Waals surface area contributed by atoms with Gasteiger partial charge >= 0.3 is 0 Å². The molecule has 1 heterocycles. The monoisotopic (exact) mass is 475 g/mol. The van der Waals surface area contributed by atoms with Gasteiger partial charge in [-0.3, -0.25) is 14.5 Å². The molecule has 0 bridgehead atoms. The SMILES string of the molecule is COc1cc(NC(=O)C(C)N2CCN(S(=O)(=O)c3cccc(C(C)=O)c3)CC2)cc(OC)c1. The Bertz CT molecular complexity index is 1100. The molecule has 3 rings (SSSR count). The van der Waals surface area contributed by atoms with Crippen LogP contribution < -0.4 is 14.8 Å². The first kappa shape index (κ1) is 24.7. The summed E-state index contributed by atoms with van der Waals surface area (Å²) in [5.74, 6) is 0.719. The lowest BCUT2D eigenvalue weighted by Gasteiger charge is -2.36. The maximum Gasteiger partial charge on any atom is 0.243 e. The Morgan fingerprint density at radius 3 is 2.12 bits per heavy atom. The highest BCUT2D eigenvalue weighted by atomic mass is 32.2. The van der Waals surface area contributed by atoms with Gasteiger partial charge in [0.15, 0.2) is 5.78 Å². The summed E-state index contributed by atoms with van der Waals surface area (Å²) in [5, 5.41) is 2.87. The summed E-state index contributed by atoms with van der Waals surface area (Å²) in [6.45, 7) is 4.49. The Balaban J connectivity index is 1.64. The number of ketones is 1. The van der Waals surface area contributed by atoms with Crippen molar-refractivity contribution in [2.24, 2.45) is 0 Å².